The van der Waals surface area contributed by atoms with Gasteiger partial charge in [-0.15, -0.1) is 11.3 Å². The zero-order chi connectivity index (χ0) is 13.8. The Labute approximate surface area is 127 Å². The lowest BCUT2D eigenvalue weighted by molar-refractivity contribution is 0.978. The second-order valence-corrected chi connectivity index (χ2v) is 6.34. The number of aryl methyl sites for hydroxylation is 1. The first-order chi connectivity index (χ1) is 9.81. The molecule has 0 bridgehead atoms. The van der Waals surface area contributed by atoms with Crippen LogP contribution >= 0.6 is 22.7 Å². The third kappa shape index (κ3) is 3.26. The Kier molecular flexibility index (Phi) is 4.14. The molecule has 102 valence electrons. The molecule has 0 saturated heterocycles. The summed E-state index contributed by atoms with van der Waals surface area (Å²) in [6, 6.07) is 10.6. The first kappa shape index (κ1) is 13.3. The number of aromatic nitrogens is 1. The Morgan fingerprint density at radius 3 is 2.70 bits per heavy atom. The lowest BCUT2D eigenvalue weighted by Gasteiger charge is -2.05. The number of benzene rings is 1. The maximum absolute atomic E-state index is 4.68. The summed E-state index contributed by atoms with van der Waals surface area (Å²) in [5.74, 6) is 0. The summed E-state index contributed by atoms with van der Waals surface area (Å²) in [5, 5.41) is 10.9. The number of rotatable bonds is 5. The summed E-state index contributed by atoms with van der Waals surface area (Å²) in [6.07, 6.45) is 0.953. The summed E-state index contributed by atoms with van der Waals surface area (Å²) < 4.78 is 0. The summed E-state index contributed by atoms with van der Waals surface area (Å²) in [6.45, 7) is 3.01. The van der Waals surface area contributed by atoms with E-state index >= 15 is 0 Å². The maximum Gasteiger partial charge on any atom is 0.124 e. The van der Waals surface area contributed by atoms with E-state index in [9.17, 15) is 0 Å². The molecule has 1 N–H and O–H groups in total. The average Bonchev–Trinajstić information content (AvgIpc) is 3.11. The highest BCUT2D eigenvalue weighted by molar-refractivity contribution is 7.14. The van der Waals surface area contributed by atoms with Gasteiger partial charge in [-0.25, -0.2) is 4.98 Å². The van der Waals surface area contributed by atoms with Crippen LogP contribution in [0.25, 0.3) is 10.6 Å². The van der Waals surface area contributed by atoms with Gasteiger partial charge in [0.05, 0.1) is 5.69 Å². The Hall–Kier alpha value is -1.65. The van der Waals surface area contributed by atoms with Crippen LogP contribution in [-0.2, 0) is 6.42 Å². The predicted molar refractivity (Wildman–Crippen MR) is 88.8 cm³/mol. The molecule has 0 fully saturated rings. The van der Waals surface area contributed by atoms with E-state index in [1.807, 2.05) is 0 Å². The van der Waals surface area contributed by atoms with E-state index in [4.69, 9.17) is 0 Å². The molecule has 0 saturated carbocycles. The minimum absolute atomic E-state index is 0.913. The highest BCUT2D eigenvalue weighted by Crippen LogP contribution is 2.25. The van der Waals surface area contributed by atoms with E-state index in [-0.39, 0.29) is 0 Å². The van der Waals surface area contributed by atoms with Crippen LogP contribution in [0.4, 0.5) is 5.69 Å². The zero-order valence-electron chi connectivity index (χ0n) is 11.3. The van der Waals surface area contributed by atoms with E-state index in [2.05, 4.69) is 63.7 Å². The molecule has 0 spiro atoms. The van der Waals surface area contributed by atoms with Crippen LogP contribution in [0.2, 0.25) is 0 Å². The van der Waals surface area contributed by atoms with Crippen molar-refractivity contribution in [3.63, 3.8) is 0 Å². The third-order valence-electron chi connectivity index (χ3n) is 3.08. The molecule has 2 aromatic heterocycles. The fraction of sp³-hybridized carbons (Fsp3) is 0.188. The smallest absolute Gasteiger partial charge is 0.124 e. The number of hydrogen-bond donors (Lipinski definition) is 1. The number of hydrogen-bond acceptors (Lipinski definition) is 4. The van der Waals surface area contributed by atoms with Crippen molar-refractivity contribution in [3.05, 3.63) is 57.7 Å². The fourth-order valence-electron chi connectivity index (χ4n) is 1.95. The Bertz CT molecular complexity index is 654. The molecule has 3 aromatic rings. The quantitative estimate of drug-likeness (QED) is 0.729. The van der Waals surface area contributed by atoms with Crippen LogP contribution in [-0.4, -0.2) is 11.5 Å². The lowest BCUT2D eigenvalue weighted by atomic mass is 10.2. The standard InChI is InChI=1S/C16H16N2S2/c1-12-2-4-14(5-3-12)17-8-6-15-11-20-16(18-15)13-7-9-19-10-13/h2-5,7,9-11,17H,6,8H2,1H3. The van der Waals surface area contributed by atoms with Crippen molar-refractivity contribution in [1.82, 2.24) is 4.98 Å². The first-order valence-corrected chi connectivity index (χ1v) is 8.41. The third-order valence-corrected chi connectivity index (χ3v) is 4.71. The zero-order valence-corrected chi connectivity index (χ0v) is 12.9. The predicted octanol–water partition coefficient (Wildman–Crippen LogP) is 4.83. The van der Waals surface area contributed by atoms with Gasteiger partial charge in [-0.3, -0.25) is 0 Å². The molecule has 2 heterocycles. The largest absolute Gasteiger partial charge is 0.385 e. The Balaban J connectivity index is 1.55. The van der Waals surface area contributed by atoms with Crippen LogP contribution < -0.4 is 5.32 Å². The summed E-state index contributed by atoms with van der Waals surface area (Å²) >= 11 is 3.44. The second kappa shape index (κ2) is 6.20. The number of nitrogens with zero attached hydrogens (tertiary/aromatic N) is 1. The molecular formula is C16H16N2S2. The van der Waals surface area contributed by atoms with Crippen molar-refractivity contribution >= 4 is 28.4 Å². The fourth-order valence-corrected chi connectivity index (χ4v) is 3.51. The molecule has 0 atom stereocenters. The molecule has 2 nitrogen and oxygen atoms in total. The molecule has 0 aliphatic rings. The molecule has 0 aliphatic heterocycles. The number of thiazole rings is 1. The topological polar surface area (TPSA) is 24.9 Å². The monoisotopic (exact) mass is 300 g/mol. The van der Waals surface area contributed by atoms with E-state index in [0.717, 1.165) is 23.7 Å². The number of thiophene rings is 1. The molecule has 0 radical (unpaired) electrons. The van der Waals surface area contributed by atoms with Gasteiger partial charge in [0, 0.05) is 35.0 Å². The van der Waals surface area contributed by atoms with Crippen molar-refractivity contribution in [2.75, 3.05) is 11.9 Å². The van der Waals surface area contributed by atoms with E-state index in [1.54, 1.807) is 22.7 Å². The Morgan fingerprint density at radius 2 is 1.95 bits per heavy atom. The maximum atomic E-state index is 4.68. The van der Waals surface area contributed by atoms with E-state index in [0.29, 0.717) is 0 Å². The summed E-state index contributed by atoms with van der Waals surface area (Å²) in [4.78, 5) is 4.68. The van der Waals surface area contributed by atoms with Crippen molar-refractivity contribution in [1.29, 1.82) is 0 Å². The minimum Gasteiger partial charge on any atom is -0.385 e. The second-order valence-electron chi connectivity index (χ2n) is 4.70. The molecule has 20 heavy (non-hydrogen) atoms. The molecule has 1 aromatic carbocycles. The first-order valence-electron chi connectivity index (χ1n) is 6.59. The van der Waals surface area contributed by atoms with E-state index < -0.39 is 0 Å². The minimum atomic E-state index is 0.913. The van der Waals surface area contributed by atoms with Crippen LogP contribution in [0.3, 0.4) is 0 Å². The lowest BCUT2D eigenvalue weighted by Crippen LogP contribution is -2.04. The number of anilines is 1. The Morgan fingerprint density at radius 1 is 1.10 bits per heavy atom. The van der Waals surface area contributed by atoms with Gasteiger partial charge >= 0.3 is 0 Å². The normalized spacial score (nSPS) is 10.7. The highest BCUT2D eigenvalue weighted by Gasteiger charge is 2.04. The highest BCUT2D eigenvalue weighted by atomic mass is 32.1. The van der Waals surface area contributed by atoms with Crippen LogP contribution in [0.5, 0.6) is 0 Å². The van der Waals surface area contributed by atoms with Crippen molar-refractivity contribution in [2.24, 2.45) is 0 Å². The molecule has 3 rings (SSSR count). The van der Waals surface area contributed by atoms with Crippen LogP contribution in [0, 0.1) is 6.92 Å². The van der Waals surface area contributed by atoms with Gasteiger partial charge in [-0.2, -0.15) is 11.3 Å². The average molecular weight is 300 g/mol. The van der Waals surface area contributed by atoms with Gasteiger partial charge < -0.3 is 5.32 Å². The SMILES string of the molecule is Cc1ccc(NCCc2csc(-c3ccsc3)n2)cc1. The molecule has 4 heteroatoms. The molecular weight excluding hydrogens is 284 g/mol. The van der Waals surface area contributed by atoms with Gasteiger partial charge in [0.15, 0.2) is 0 Å². The van der Waals surface area contributed by atoms with Crippen LogP contribution in [0.1, 0.15) is 11.3 Å². The number of nitrogens with one attached hydrogen (secondary N) is 1. The van der Waals surface area contributed by atoms with Gasteiger partial charge in [0.25, 0.3) is 0 Å². The van der Waals surface area contributed by atoms with Gasteiger partial charge in [0.2, 0.25) is 0 Å². The van der Waals surface area contributed by atoms with Crippen LogP contribution in [0.15, 0.2) is 46.5 Å². The molecule has 0 unspecified atom stereocenters. The molecule has 0 aliphatic carbocycles. The van der Waals surface area contributed by atoms with E-state index in [1.165, 1.54) is 16.8 Å². The summed E-state index contributed by atoms with van der Waals surface area (Å²) in [5.41, 5.74) is 4.85. The summed E-state index contributed by atoms with van der Waals surface area (Å²) in [7, 11) is 0. The van der Waals surface area contributed by atoms with Gasteiger partial charge in [-0.1, -0.05) is 17.7 Å². The van der Waals surface area contributed by atoms with Gasteiger partial charge in [0.1, 0.15) is 5.01 Å². The molecule has 0 amide bonds. The van der Waals surface area contributed by atoms with Crippen molar-refractivity contribution in [2.45, 2.75) is 13.3 Å². The van der Waals surface area contributed by atoms with Gasteiger partial charge in [-0.05, 0) is 30.5 Å². The van der Waals surface area contributed by atoms with Crippen molar-refractivity contribution in [3.8, 4) is 10.6 Å². The van der Waals surface area contributed by atoms with Crippen molar-refractivity contribution < 1.29 is 0 Å².